The van der Waals surface area contributed by atoms with Gasteiger partial charge in [-0.05, 0) is 25.8 Å². The minimum atomic E-state index is 0.353. The molecule has 1 rings (SSSR count). The molecule has 2 heteroatoms. The Hall–Kier alpha value is -0.0800. The van der Waals surface area contributed by atoms with Crippen LogP contribution in [0.5, 0.6) is 0 Å². The molecule has 0 saturated heterocycles. The topological polar surface area (TPSA) is 32.3 Å². The highest BCUT2D eigenvalue weighted by Gasteiger charge is 2.24. The molecule has 2 atom stereocenters. The van der Waals surface area contributed by atoms with E-state index >= 15 is 0 Å². The van der Waals surface area contributed by atoms with Gasteiger partial charge in [0.15, 0.2) is 0 Å². The molecule has 54 valence electrons. The minimum absolute atomic E-state index is 0.353. The lowest BCUT2D eigenvalue weighted by molar-refractivity contribution is 0.209. The van der Waals surface area contributed by atoms with Crippen molar-refractivity contribution < 1.29 is 5.11 Å². The molecular formula is C7H15NO. The number of hydrogen-bond acceptors (Lipinski definition) is 2. The van der Waals surface area contributed by atoms with Crippen LogP contribution in [0.2, 0.25) is 0 Å². The van der Waals surface area contributed by atoms with Gasteiger partial charge in [0.2, 0.25) is 0 Å². The molecule has 2 nitrogen and oxygen atoms in total. The third kappa shape index (κ3) is 1.43. The van der Waals surface area contributed by atoms with E-state index in [-0.39, 0.29) is 0 Å². The van der Waals surface area contributed by atoms with Gasteiger partial charge in [-0.1, -0.05) is 6.42 Å². The highest BCUT2D eigenvalue weighted by atomic mass is 16.3. The van der Waals surface area contributed by atoms with Gasteiger partial charge in [0.05, 0.1) is 0 Å². The summed E-state index contributed by atoms with van der Waals surface area (Å²) in [7, 11) is 1.97. The summed E-state index contributed by atoms with van der Waals surface area (Å²) in [5.74, 6) is 0.523. The van der Waals surface area contributed by atoms with E-state index in [1.54, 1.807) is 0 Å². The van der Waals surface area contributed by atoms with Crippen molar-refractivity contribution in [3.8, 4) is 0 Å². The van der Waals surface area contributed by atoms with Crippen LogP contribution in [0.15, 0.2) is 0 Å². The fraction of sp³-hybridized carbons (Fsp3) is 1.00. The van der Waals surface area contributed by atoms with Gasteiger partial charge < -0.3 is 10.4 Å². The molecule has 2 N–H and O–H groups in total. The second-order valence-corrected chi connectivity index (χ2v) is 2.77. The smallest absolute Gasteiger partial charge is 0.0474 e. The summed E-state index contributed by atoms with van der Waals surface area (Å²) < 4.78 is 0. The quantitative estimate of drug-likeness (QED) is 0.564. The first-order valence-electron chi connectivity index (χ1n) is 3.66. The van der Waals surface area contributed by atoms with E-state index in [9.17, 15) is 0 Å². The van der Waals surface area contributed by atoms with Crippen molar-refractivity contribution in [3.05, 3.63) is 0 Å². The Bertz CT molecular complexity index is 75.0. The highest BCUT2D eigenvalue weighted by molar-refractivity contribution is 4.80. The molecule has 0 aliphatic heterocycles. The van der Waals surface area contributed by atoms with E-state index in [0.717, 1.165) is 0 Å². The van der Waals surface area contributed by atoms with Gasteiger partial charge in [0, 0.05) is 12.6 Å². The zero-order valence-electron chi connectivity index (χ0n) is 5.93. The summed E-state index contributed by atoms with van der Waals surface area (Å²) in [6.45, 7) is 0.353. The van der Waals surface area contributed by atoms with Crippen molar-refractivity contribution in [2.75, 3.05) is 13.7 Å². The van der Waals surface area contributed by atoms with Crippen molar-refractivity contribution in [1.82, 2.24) is 5.32 Å². The lowest BCUT2D eigenvalue weighted by Crippen LogP contribution is -2.30. The SMILES string of the molecule is CN[C@@H]1CCC[C@H]1CO. The molecule has 1 saturated carbocycles. The van der Waals surface area contributed by atoms with Crippen LogP contribution < -0.4 is 5.32 Å². The largest absolute Gasteiger partial charge is 0.396 e. The summed E-state index contributed by atoms with van der Waals surface area (Å²) in [6.07, 6.45) is 3.71. The molecule has 9 heavy (non-hydrogen) atoms. The van der Waals surface area contributed by atoms with E-state index in [4.69, 9.17) is 5.11 Å². The third-order valence-corrected chi connectivity index (χ3v) is 2.26. The molecule has 0 amide bonds. The van der Waals surface area contributed by atoms with Crippen LogP contribution in [-0.4, -0.2) is 24.8 Å². The van der Waals surface area contributed by atoms with Crippen molar-refractivity contribution in [1.29, 1.82) is 0 Å². The third-order valence-electron chi connectivity index (χ3n) is 2.26. The maximum atomic E-state index is 8.83. The summed E-state index contributed by atoms with van der Waals surface area (Å²) >= 11 is 0. The molecule has 0 aromatic rings. The summed E-state index contributed by atoms with van der Waals surface area (Å²) in [5.41, 5.74) is 0. The predicted molar refractivity (Wildman–Crippen MR) is 37.3 cm³/mol. The molecule has 1 fully saturated rings. The van der Waals surface area contributed by atoms with Crippen molar-refractivity contribution in [2.24, 2.45) is 5.92 Å². The Kier molecular flexibility index (Phi) is 2.49. The van der Waals surface area contributed by atoms with Gasteiger partial charge >= 0.3 is 0 Å². The minimum Gasteiger partial charge on any atom is -0.396 e. The number of aliphatic hydroxyl groups excluding tert-OH is 1. The number of nitrogens with one attached hydrogen (secondary N) is 1. The normalized spacial score (nSPS) is 35.3. The Morgan fingerprint density at radius 3 is 2.78 bits per heavy atom. The van der Waals surface area contributed by atoms with Gasteiger partial charge in [0.25, 0.3) is 0 Å². The summed E-state index contributed by atoms with van der Waals surface area (Å²) in [6, 6.07) is 0.579. The Morgan fingerprint density at radius 2 is 2.33 bits per heavy atom. The van der Waals surface area contributed by atoms with E-state index in [1.807, 2.05) is 7.05 Å². The first kappa shape index (κ1) is 7.03. The van der Waals surface area contributed by atoms with E-state index in [1.165, 1.54) is 19.3 Å². The molecule has 0 radical (unpaired) electrons. The average Bonchev–Trinajstić information content (AvgIpc) is 2.33. The molecule has 0 aromatic heterocycles. The zero-order valence-corrected chi connectivity index (χ0v) is 5.93. The predicted octanol–water partition coefficient (Wildman–Crippen LogP) is 0.367. The van der Waals surface area contributed by atoms with Crippen molar-refractivity contribution in [2.45, 2.75) is 25.3 Å². The average molecular weight is 129 g/mol. The summed E-state index contributed by atoms with van der Waals surface area (Å²) in [4.78, 5) is 0. The molecule has 1 aliphatic carbocycles. The molecule has 0 spiro atoms. The summed E-state index contributed by atoms with van der Waals surface area (Å²) in [5, 5.41) is 12.0. The second-order valence-electron chi connectivity index (χ2n) is 2.77. The number of rotatable bonds is 2. The Labute approximate surface area is 56.3 Å². The lowest BCUT2D eigenvalue weighted by Gasteiger charge is -2.15. The van der Waals surface area contributed by atoms with Gasteiger partial charge in [-0.15, -0.1) is 0 Å². The van der Waals surface area contributed by atoms with Crippen LogP contribution in [0, 0.1) is 5.92 Å². The lowest BCUT2D eigenvalue weighted by atomic mass is 10.1. The van der Waals surface area contributed by atoms with Gasteiger partial charge in [-0.3, -0.25) is 0 Å². The molecule has 0 aromatic carbocycles. The van der Waals surface area contributed by atoms with E-state index in [2.05, 4.69) is 5.32 Å². The van der Waals surface area contributed by atoms with Crippen LogP contribution in [0.1, 0.15) is 19.3 Å². The standard InChI is InChI=1S/C7H15NO/c1-8-7-4-2-3-6(7)5-9/h6-9H,2-5H2,1H3/t6-,7+/m0/s1. The molecule has 0 bridgehead atoms. The Balaban J connectivity index is 2.32. The maximum absolute atomic E-state index is 8.83. The highest BCUT2D eigenvalue weighted by Crippen LogP contribution is 2.24. The fourth-order valence-corrected chi connectivity index (χ4v) is 1.64. The van der Waals surface area contributed by atoms with Crippen LogP contribution in [0.3, 0.4) is 0 Å². The van der Waals surface area contributed by atoms with E-state index in [0.29, 0.717) is 18.6 Å². The molecular weight excluding hydrogens is 114 g/mol. The fourth-order valence-electron chi connectivity index (χ4n) is 1.64. The number of aliphatic hydroxyl groups is 1. The first-order valence-corrected chi connectivity index (χ1v) is 3.66. The van der Waals surface area contributed by atoms with Gasteiger partial charge in [0.1, 0.15) is 0 Å². The van der Waals surface area contributed by atoms with E-state index < -0.39 is 0 Å². The van der Waals surface area contributed by atoms with Crippen molar-refractivity contribution >= 4 is 0 Å². The Morgan fingerprint density at radius 1 is 1.56 bits per heavy atom. The van der Waals surface area contributed by atoms with Crippen LogP contribution in [-0.2, 0) is 0 Å². The van der Waals surface area contributed by atoms with Crippen molar-refractivity contribution in [3.63, 3.8) is 0 Å². The number of hydrogen-bond donors (Lipinski definition) is 2. The van der Waals surface area contributed by atoms with Crippen LogP contribution in [0.4, 0.5) is 0 Å². The van der Waals surface area contributed by atoms with Gasteiger partial charge in [-0.25, -0.2) is 0 Å². The first-order chi connectivity index (χ1) is 4.38. The molecule has 1 aliphatic rings. The molecule has 0 heterocycles. The monoisotopic (exact) mass is 129 g/mol. The maximum Gasteiger partial charge on any atom is 0.0474 e. The van der Waals surface area contributed by atoms with Crippen LogP contribution in [0.25, 0.3) is 0 Å². The zero-order chi connectivity index (χ0) is 6.69. The molecule has 0 unspecified atom stereocenters. The van der Waals surface area contributed by atoms with Gasteiger partial charge in [-0.2, -0.15) is 0 Å². The van der Waals surface area contributed by atoms with Crippen LogP contribution >= 0.6 is 0 Å². The second kappa shape index (κ2) is 3.18.